The Morgan fingerprint density at radius 1 is 0.558 bits per heavy atom. The van der Waals surface area contributed by atoms with Gasteiger partial charge in [-0.2, -0.15) is 0 Å². The summed E-state index contributed by atoms with van der Waals surface area (Å²) in [4.78, 5) is 42.9. The Balaban J connectivity index is 0.843. The maximum Gasteiger partial charge on any atom is 0.408 e. The fourth-order valence-electron chi connectivity index (χ4n) is 16.0. The van der Waals surface area contributed by atoms with Crippen molar-refractivity contribution < 1.29 is 52.3 Å². The summed E-state index contributed by atoms with van der Waals surface area (Å²) in [6.45, 7) is 13.4. The van der Waals surface area contributed by atoms with E-state index in [0.29, 0.717) is 23.9 Å². The van der Waals surface area contributed by atoms with E-state index >= 15 is 0 Å². The molecule has 12 heteroatoms. The molecule has 1 unspecified atom stereocenters. The molecule has 10 rings (SSSR count). The minimum Gasteiger partial charge on any atom is -0.461 e. The summed E-state index contributed by atoms with van der Waals surface area (Å²) < 4.78 is 52.2. The molecule has 4 aliphatic carbocycles. The van der Waals surface area contributed by atoms with Crippen LogP contribution in [0.1, 0.15) is 152 Å². The first kappa shape index (κ1) is 63.1. The van der Waals surface area contributed by atoms with E-state index in [2.05, 4.69) is 39.9 Å². The van der Waals surface area contributed by atoms with Crippen LogP contribution in [-0.4, -0.2) is 67.5 Å². The Bertz CT molecular complexity index is 2860. The predicted molar refractivity (Wildman–Crippen MR) is 332 cm³/mol. The van der Waals surface area contributed by atoms with Crippen LogP contribution < -0.4 is 5.32 Å². The molecule has 5 aliphatic rings. The molecule has 5 aromatic rings. The Morgan fingerprint density at radius 3 is 1.69 bits per heavy atom. The topological polar surface area (TPSA) is 137 Å². The smallest absolute Gasteiger partial charge is 0.408 e. The van der Waals surface area contributed by atoms with Crippen LogP contribution in [0.4, 0.5) is 4.79 Å². The highest BCUT2D eigenvalue weighted by atomic mass is 16.7. The van der Waals surface area contributed by atoms with E-state index in [9.17, 15) is 14.4 Å². The molecular formula is C74H95NO11. The summed E-state index contributed by atoms with van der Waals surface area (Å²) in [5.41, 5.74) is 5.17. The number of benzene rings is 5. The Hall–Kier alpha value is -5.89. The summed E-state index contributed by atoms with van der Waals surface area (Å²) in [5, 5.41) is 2.80. The molecule has 1 N–H and O–H groups in total. The fraction of sp³-hybridized carbons (Fsp3) is 0.554. The van der Waals surface area contributed by atoms with E-state index in [1.165, 1.54) is 51.4 Å². The zero-order chi connectivity index (χ0) is 59.9. The van der Waals surface area contributed by atoms with Crippen LogP contribution in [0.5, 0.6) is 0 Å². The van der Waals surface area contributed by atoms with E-state index in [0.717, 1.165) is 83.1 Å². The van der Waals surface area contributed by atoms with Crippen molar-refractivity contribution in [2.75, 3.05) is 6.61 Å². The van der Waals surface area contributed by atoms with Gasteiger partial charge < -0.3 is 43.2 Å². The normalized spacial score (nSPS) is 29.3. The molecule has 462 valence electrons. The number of hydrogen-bond acceptors (Lipinski definition) is 11. The maximum absolute atomic E-state index is 14.7. The summed E-state index contributed by atoms with van der Waals surface area (Å²) in [6.07, 6.45) is 8.14. The van der Waals surface area contributed by atoms with Gasteiger partial charge in [-0.25, -0.2) is 9.59 Å². The van der Waals surface area contributed by atoms with Crippen LogP contribution in [-0.2, 0) is 80.5 Å². The third-order valence-corrected chi connectivity index (χ3v) is 20.6. The quantitative estimate of drug-likeness (QED) is 0.0397. The van der Waals surface area contributed by atoms with Crippen LogP contribution in [0.3, 0.4) is 0 Å². The van der Waals surface area contributed by atoms with Crippen molar-refractivity contribution in [2.24, 2.45) is 52.3 Å². The van der Waals surface area contributed by atoms with Gasteiger partial charge in [-0.1, -0.05) is 206 Å². The van der Waals surface area contributed by atoms with Crippen LogP contribution in [0.15, 0.2) is 152 Å². The lowest BCUT2D eigenvalue weighted by Crippen LogP contribution is -2.62. The van der Waals surface area contributed by atoms with Crippen LogP contribution in [0.2, 0.25) is 0 Å². The third kappa shape index (κ3) is 16.2. The molecule has 12 nitrogen and oxygen atoms in total. The van der Waals surface area contributed by atoms with E-state index in [1.54, 1.807) is 0 Å². The van der Waals surface area contributed by atoms with E-state index in [-0.39, 0.29) is 57.4 Å². The molecule has 5 aromatic carbocycles. The number of hydrogen-bond donors (Lipinski definition) is 1. The molecule has 1 heterocycles. The van der Waals surface area contributed by atoms with Crippen LogP contribution in [0, 0.1) is 52.3 Å². The standard InChI is InChI=1S/C74H95NO11/c1-51(2)22-21-23-52(3)61-36-37-62-60-35-34-58-44-59(40-42-73(58,4)63(60)41-43-74(61,62)5)84-70(77)64(75-72(78)83-49-57-32-19-10-20-33-57)38-39-66(76)86-71-69(82-48-56-30-17-9-18-31-56)68(81-47-55-28-15-8-16-29-55)67(80-46-54-26-13-7-14-27-54)65(85-71)50-79-45-53-24-11-6-12-25-53/h6-20,24-33,51-52,58-65,67-69,71H,21-23,34-50H2,1-5H3,(H,75,78)/t52-,58+,59+,60+,61-,62+,63+,64?,65-,67-,68+,69-,71+,73+,74-/m1/s1. The van der Waals surface area contributed by atoms with Gasteiger partial charge in [0.2, 0.25) is 6.29 Å². The molecule has 15 atom stereocenters. The number of amides is 1. The molecule has 1 aliphatic heterocycles. The number of carbonyl (C=O) groups is 3. The second-order valence-corrected chi connectivity index (χ2v) is 26.6. The molecule has 4 saturated carbocycles. The van der Waals surface area contributed by atoms with Gasteiger partial charge >= 0.3 is 18.0 Å². The van der Waals surface area contributed by atoms with E-state index in [4.69, 9.17) is 37.9 Å². The van der Waals surface area contributed by atoms with Crippen molar-refractivity contribution in [2.45, 2.75) is 200 Å². The molecule has 1 saturated heterocycles. The minimum absolute atomic E-state index is 0.00268. The first-order chi connectivity index (χ1) is 41.8. The van der Waals surface area contributed by atoms with Crippen molar-refractivity contribution in [3.8, 4) is 0 Å². The Kier molecular flexibility index (Phi) is 22.3. The van der Waals surface area contributed by atoms with Gasteiger partial charge in [0.15, 0.2) is 0 Å². The van der Waals surface area contributed by atoms with Gasteiger partial charge in [0, 0.05) is 6.42 Å². The summed E-state index contributed by atoms with van der Waals surface area (Å²) in [5.74, 6) is 3.75. The lowest BCUT2D eigenvalue weighted by atomic mass is 9.44. The van der Waals surface area contributed by atoms with Gasteiger partial charge in [0.1, 0.15) is 43.2 Å². The largest absolute Gasteiger partial charge is 0.461 e. The molecule has 1 amide bonds. The molecular weight excluding hydrogens is 1080 g/mol. The predicted octanol–water partition coefficient (Wildman–Crippen LogP) is 15.3. The lowest BCUT2D eigenvalue weighted by Gasteiger charge is -2.61. The maximum atomic E-state index is 14.7. The average Bonchev–Trinajstić information content (AvgIpc) is 1.39. The monoisotopic (exact) mass is 1170 g/mol. The van der Waals surface area contributed by atoms with Gasteiger partial charge in [-0.15, -0.1) is 0 Å². The first-order valence-corrected chi connectivity index (χ1v) is 32.4. The van der Waals surface area contributed by atoms with Gasteiger partial charge in [-0.05, 0) is 144 Å². The number of nitrogens with one attached hydrogen (secondary N) is 1. The summed E-state index contributed by atoms with van der Waals surface area (Å²) >= 11 is 0. The highest BCUT2D eigenvalue weighted by molar-refractivity contribution is 5.82. The fourth-order valence-corrected chi connectivity index (χ4v) is 16.0. The molecule has 86 heavy (non-hydrogen) atoms. The number of alkyl carbamates (subject to hydrolysis) is 1. The van der Waals surface area contributed by atoms with Crippen molar-refractivity contribution in [1.29, 1.82) is 0 Å². The van der Waals surface area contributed by atoms with Gasteiger partial charge in [0.25, 0.3) is 0 Å². The number of ether oxygens (including phenoxy) is 8. The number of rotatable bonds is 27. The number of carbonyl (C=O) groups excluding carboxylic acids is 3. The average molecular weight is 1170 g/mol. The molecule has 0 radical (unpaired) electrons. The second kappa shape index (κ2) is 30.3. The van der Waals surface area contributed by atoms with Crippen molar-refractivity contribution in [3.63, 3.8) is 0 Å². The van der Waals surface area contributed by atoms with E-state index < -0.39 is 54.8 Å². The SMILES string of the molecule is CC(C)CCC[C@@H](C)[C@H]1CC[C@H]2[C@@H]3CC[C@H]4C[C@@H](OC(=O)C(CCC(=O)O[C@@H]5O[C@H](COCc6ccccc6)[C@@H](OCc6ccccc6)[C@H](OCc6ccccc6)[C@H]5OCc5ccccc5)NC(=O)OCc5ccccc5)CC[C@]4(C)[C@H]3CC[C@]12C. The van der Waals surface area contributed by atoms with E-state index in [1.807, 2.05) is 152 Å². The van der Waals surface area contributed by atoms with Crippen LogP contribution >= 0.6 is 0 Å². The first-order valence-electron chi connectivity index (χ1n) is 32.4. The van der Waals surface area contributed by atoms with Crippen molar-refractivity contribution >= 4 is 18.0 Å². The molecule has 0 bridgehead atoms. The lowest BCUT2D eigenvalue weighted by molar-refractivity contribution is -0.320. The third-order valence-electron chi connectivity index (χ3n) is 20.6. The molecule has 0 aromatic heterocycles. The van der Waals surface area contributed by atoms with Gasteiger partial charge in [0.05, 0.1) is 33.0 Å². The number of fused-ring (bicyclic) bond motifs is 5. The van der Waals surface area contributed by atoms with Gasteiger partial charge in [-0.3, -0.25) is 4.79 Å². The zero-order valence-corrected chi connectivity index (χ0v) is 51.6. The highest BCUT2D eigenvalue weighted by Crippen LogP contribution is 2.68. The molecule has 5 fully saturated rings. The summed E-state index contributed by atoms with van der Waals surface area (Å²) in [7, 11) is 0. The highest BCUT2D eigenvalue weighted by Gasteiger charge is 2.61. The van der Waals surface area contributed by atoms with Crippen molar-refractivity contribution in [1.82, 2.24) is 5.32 Å². The summed E-state index contributed by atoms with van der Waals surface area (Å²) in [6, 6.07) is 47.6. The Labute approximate surface area is 512 Å². The van der Waals surface area contributed by atoms with Crippen molar-refractivity contribution in [3.05, 3.63) is 179 Å². The second-order valence-electron chi connectivity index (χ2n) is 26.6. The Morgan fingerprint density at radius 2 is 1.09 bits per heavy atom. The van der Waals surface area contributed by atoms with Crippen LogP contribution in [0.25, 0.3) is 0 Å². The zero-order valence-electron chi connectivity index (χ0n) is 51.6. The number of esters is 2. The minimum atomic E-state index is -1.30. The molecule has 0 spiro atoms.